The minimum Gasteiger partial charge on any atom is -0.356 e. The molecule has 2 rings (SSSR count). The van der Waals surface area contributed by atoms with Gasteiger partial charge >= 0.3 is 0 Å². The number of aryl methyl sites for hydroxylation is 2. The van der Waals surface area contributed by atoms with Crippen LogP contribution in [-0.4, -0.2) is 29.7 Å². The van der Waals surface area contributed by atoms with E-state index in [9.17, 15) is 0 Å². The summed E-state index contributed by atoms with van der Waals surface area (Å²) in [5, 5.41) is 10.4. The minimum atomic E-state index is -0.00732. The van der Waals surface area contributed by atoms with Crippen LogP contribution >= 0.6 is 24.0 Å². The maximum atomic E-state index is 4.96. The van der Waals surface area contributed by atoms with Gasteiger partial charge in [-0.15, -0.1) is 24.0 Å². The fraction of sp³-hybridized carbons (Fsp3) is 0.500. The molecule has 2 aromatic rings. The lowest BCUT2D eigenvalue weighted by Gasteiger charge is -2.27. The van der Waals surface area contributed by atoms with Gasteiger partial charge in [0, 0.05) is 25.9 Å². The van der Waals surface area contributed by atoms with E-state index in [0.29, 0.717) is 18.3 Å². The van der Waals surface area contributed by atoms with Crippen molar-refractivity contribution in [2.45, 2.75) is 46.1 Å². The van der Waals surface area contributed by atoms with E-state index >= 15 is 0 Å². The van der Waals surface area contributed by atoms with Crippen LogP contribution in [0.4, 0.5) is 0 Å². The number of hydrogen-bond acceptors (Lipinski definition) is 4. The lowest BCUT2D eigenvalue weighted by atomic mass is 9.84. The zero-order valence-corrected chi connectivity index (χ0v) is 17.9. The Balaban J connectivity index is 0.00000312. The smallest absolute Gasteiger partial charge is 0.223 e. The Kier molecular flexibility index (Phi) is 8.34. The van der Waals surface area contributed by atoms with E-state index < -0.39 is 0 Å². The average Bonchev–Trinajstić information content (AvgIpc) is 3.00. The summed E-state index contributed by atoms with van der Waals surface area (Å²) in [6.07, 6.45) is 1.06. The molecule has 6 nitrogen and oxygen atoms in total. The van der Waals surface area contributed by atoms with Crippen LogP contribution in [0.1, 0.15) is 43.6 Å². The zero-order chi connectivity index (χ0) is 17.6. The lowest BCUT2D eigenvalue weighted by molar-refractivity contribution is 0.386. The van der Waals surface area contributed by atoms with E-state index in [2.05, 4.69) is 70.8 Å². The van der Waals surface area contributed by atoms with Crippen LogP contribution in [0.15, 0.2) is 33.8 Å². The van der Waals surface area contributed by atoms with Gasteiger partial charge in [-0.05, 0) is 17.5 Å². The molecule has 1 aromatic carbocycles. The van der Waals surface area contributed by atoms with E-state index in [-0.39, 0.29) is 29.4 Å². The van der Waals surface area contributed by atoms with Crippen molar-refractivity contribution in [3.05, 3.63) is 47.1 Å². The molecule has 0 aliphatic rings. The number of benzene rings is 1. The molecule has 0 aliphatic carbocycles. The highest BCUT2D eigenvalue weighted by molar-refractivity contribution is 14.0. The number of aliphatic imine (C=N–C) groups is 1. The second-order valence-corrected chi connectivity index (χ2v) is 6.44. The Labute approximate surface area is 166 Å². The maximum Gasteiger partial charge on any atom is 0.223 e. The van der Waals surface area contributed by atoms with E-state index in [0.717, 1.165) is 18.9 Å². The summed E-state index contributed by atoms with van der Waals surface area (Å²) in [6, 6.07) is 8.81. The SMILES string of the molecule is CCc1ccc(C(C)(C)CNC(=NC)NCc2noc(C)n2)cc1.I. The molecule has 0 atom stereocenters. The van der Waals surface area contributed by atoms with Crippen LogP contribution in [0.5, 0.6) is 0 Å². The highest BCUT2D eigenvalue weighted by Gasteiger charge is 2.21. The quantitative estimate of drug-likeness (QED) is 0.396. The molecule has 1 aromatic heterocycles. The third-order valence-electron chi connectivity index (χ3n) is 4.05. The summed E-state index contributed by atoms with van der Waals surface area (Å²) in [5.41, 5.74) is 2.65. The van der Waals surface area contributed by atoms with Crippen molar-refractivity contribution in [3.8, 4) is 0 Å². The number of guanidine groups is 1. The van der Waals surface area contributed by atoms with Gasteiger partial charge in [-0.3, -0.25) is 4.99 Å². The first-order valence-electron chi connectivity index (χ1n) is 8.27. The van der Waals surface area contributed by atoms with Crippen molar-refractivity contribution in [1.29, 1.82) is 0 Å². The van der Waals surface area contributed by atoms with Crippen LogP contribution in [0.25, 0.3) is 0 Å². The molecular weight excluding hydrogens is 429 g/mol. The summed E-state index contributed by atoms with van der Waals surface area (Å²) in [4.78, 5) is 8.41. The maximum absolute atomic E-state index is 4.96. The first-order valence-corrected chi connectivity index (χ1v) is 8.27. The van der Waals surface area contributed by atoms with E-state index in [1.54, 1.807) is 14.0 Å². The van der Waals surface area contributed by atoms with E-state index in [1.165, 1.54) is 11.1 Å². The van der Waals surface area contributed by atoms with Crippen molar-refractivity contribution in [2.24, 2.45) is 4.99 Å². The molecular formula is C18H28IN5O. The molecule has 2 N–H and O–H groups in total. The highest BCUT2D eigenvalue weighted by Crippen LogP contribution is 2.22. The number of nitrogens with one attached hydrogen (secondary N) is 2. The van der Waals surface area contributed by atoms with E-state index in [4.69, 9.17) is 4.52 Å². The lowest BCUT2D eigenvalue weighted by Crippen LogP contribution is -2.43. The molecule has 0 bridgehead atoms. The van der Waals surface area contributed by atoms with Crippen LogP contribution in [0.3, 0.4) is 0 Å². The van der Waals surface area contributed by atoms with Crippen LogP contribution < -0.4 is 10.6 Å². The zero-order valence-electron chi connectivity index (χ0n) is 15.6. The first kappa shape index (κ1) is 21.4. The van der Waals surface area contributed by atoms with Gasteiger partial charge in [-0.25, -0.2) is 0 Å². The van der Waals surface area contributed by atoms with Gasteiger partial charge in [-0.2, -0.15) is 4.98 Å². The molecule has 1 heterocycles. The second-order valence-electron chi connectivity index (χ2n) is 6.44. The average molecular weight is 457 g/mol. The number of nitrogens with zero attached hydrogens (tertiary/aromatic N) is 3. The summed E-state index contributed by atoms with van der Waals surface area (Å²) in [7, 11) is 1.75. The van der Waals surface area contributed by atoms with Crippen molar-refractivity contribution in [3.63, 3.8) is 0 Å². The third-order valence-corrected chi connectivity index (χ3v) is 4.05. The summed E-state index contributed by atoms with van der Waals surface area (Å²) < 4.78 is 4.96. The Morgan fingerprint density at radius 3 is 2.40 bits per heavy atom. The molecule has 138 valence electrons. The first-order chi connectivity index (χ1) is 11.4. The topological polar surface area (TPSA) is 75.3 Å². The molecule has 0 aliphatic heterocycles. The van der Waals surface area contributed by atoms with Gasteiger partial charge in [0.2, 0.25) is 5.89 Å². The Hall–Kier alpha value is -1.64. The largest absolute Gasteiger partial charge is 0.356 e. The third kappa shape index (κ3) is 6.30. The Morgan fingerprint density at radius 1 is 1.20 bits per heavy atom. The van der Waals surface area contributed by atoms with Gasteiger partial charge in [0.05, 0.1) is 6.54 Å². The van der Waals surface area contributed by atoms with Crippen LogP contribution in [0, 0.1) is 6.92 Å². The minimum absolute atomic E-state index is 0. The molecule has 0 unspecified atom stereocenters. The predicted octanol–water partition coefficient (Wildman–Crippen LogP) is 3.20. The molecule has 25 heavy (non-hydrogen) atoms. The number of hydrogen-bond donors (Lipinski definition) is 2. The molecule has 7 heteroatoms. The Bertz CT molecular complexity index is 679. The number of aromatic nitrogens is 2. The van der Waals surface area contributed by atoms with Crippen molar-refractivity contribution in [1.82, 2.24) is 20.8 Å². The standard InChI is InChI=1S/C18H27N5O.HI/c1-6-14-7-9-15(10-8-14)18(3,4)12-21-17(19-5)20-11-16-22-13(2)24-23-16;/h7-10H,6,11-12H2,1-5H3,(H2,19,20,21);1H. The van der Waals surface area contributed by atoms with Crippen LogP contribution in [0.2, 0.25) is 0 Å². The highest BCUT2D eigenvalue weighted by atomic mass is 127. The van der Waals surface area contributed by atoms with Gasteiger partial charge in [0.1, 0.15) is 0 Å². The Morgan fingerprint density at radius 2 is 1.88 bits per heavy atom. The molecule has 0 amide bonds. The predicted molar refractivity (Wildman–Crippen MR) is 111 cm³/mol. The molecule has 0 saturated heterocycles. The molecule has 0 radical (unpaired) electrons. The summed E-state index contributed by atoms with van der Waals surface area (Å²) in [6.45, 7) is 9.62. The van der Waals surface area contributed by atoms with Gasteiger partial charge in [-0.1, -0.05) is 50.2 Å². The molecule has 0 saturated carbocycles. The second kappa shape index (κ2) is 9.74. The fourth-order valence-electron chi connectivity index (χ4n) is 2.39. The normalized spacial score (nSPS) is 11.8. The van der Waals surface area contributed by atoms with Crippen molar-refractivity contribution >= 4 is 29.9 Å². The summed E-state index contributed by atoms with van der Waals surface area (Å²) in [5.74, 6) is 1.90. The van der Waals surface area contributed by atoms with E-state index in [1.807, 2.05) is 0 Å². The van der Waals surface area contributed by atoms with Crippen LogP contribution in [-0.2, 0) is 18.4 Å². The molecule has 0 fully saturated rings. The van der Waals surface area contributed by atoms with Gasteiger partial charge in [0.25, 0.3) is 0 Å². The number of rotatable bonds is 6. The fourth-order valence-corrected chi connectivity index (χ4v) is 2.39. The van der Waals surface area contributed by atoms with Gasteiger partial charge in [0.15, 0.2) is 11.8 Å². The van der Waals surface area contributed by atoms with Crippen molar-refractivity contribution in [2.75, 3.05) is 13.6 Å². The molecule has 0 spiro atoms. The summed E-state index contributed by atoms with van der Waals surface area (Å²) >= 11 is 0. The number of halogens is 1. The van der Waals surface area contributed by atoms with Crippen molar-refractivity contribution < 1.29 is 4.52 Å². The monoisotopic (exact) mass is 457 g/mol. The van der Waals surface area contributed by atoms with Gasteiger partial charge < -0.3 is 15.2 Å².